The molecular formula is C28H26N2O5. The average molecular weight is 471 g/mol. The highest BCUT2D eigenvalue weighted by atomic mass is 16.5. The topological polar surface area (TPSA) is 105 Å². The lowest BCUT2D eigenvalue weighted by molar-refractivity contribution is -0.143. The number of fused-ring (bicyclic) bond motifs is 3. The van der Waals surface area contributed by atoms with Crippen molar-refractivity contribution in [1.29, 1.82) is 0 Å². The van der Waals surface area contributed by atoms with Gasteiger partial charge in [0.2, 0.25) is 0 Å². The SMILES string of the molecule is Cc1ccc(C(=O)NCC2(C(=O)O)CC2)cc1NC(=O)OCC1c2ccccc2-c2ccccc21. The Morgan fingerprint density at radius 1 is 0.971 bits per heavy atom. The van der Waals surface area contributed by atoms with E-state index in [1.54, 1.807) is 18.2 Å². The van der Waals surface area contributed by atoms with Crippen LogP contribution >= 0.6 is 0 Å². The van der Waals surface area contributed by atoms with Crippen LogP contribution in [0.3, 0.4) is 0 Å². The summed E-state index contributed by atoms with van der Waals surface area (Å²) in [6.07, 6.45) is 0.520. The van der Waals surface area contributed by atoms with Crippen molar-refractivity contribution in [1.82, 2.24) is 5.32 Å². The van der Waals surface area contributed by atoms with Crippen molar-refractivity contribution < 1.29 is 24.2 Å². The van der Waals surface area contributed by atoms with E-state index in [4.69, 9.17) is 4.74 Å². The number of rotatable bonds is 7. The number of carbonyl (C=O) groups excluding carboxylic acids is 2. The predicted molar refractivity (Wildman–Crippen MR) is 132 cm³/mol. The van der Waals surface area contributed by atoms with Crippen molar-refractivity contribution in [2.45, 2.75) is 25.7 Å². The van der Waals surface area contributed by atoms with E-state index in [0.29, 0.717) is 24.1 Å². The van der Waals surface area contributed by atoms with Gasteiger partial charge in [0.25, 0.3) is 5.91 Å². The monoisotopic (exact) mass is 470 g/mol. The second-order valence-corrected chi connectivity index (χ2v) is 9.25. The van der Waals surface area contributed by atoms with Gasteiger partial charge in [-0.1, -0.05) is 54.6 Å². The zero-order valence-electron chi connectivity index (χ0n) is 19.3. The Balaban J connectivity index is 1.24. The highest BCUT2D eigenvalue weighted by molar-refractivity contribution is 5.97. The van der Waals surface area contributed by atoms with Gasteiger partial charge >= 0.3 is 12.1 Å². The molecule has 2 amide bonds. The van der Waals surface area contributed by atoms with Gasteiger partial charge in [-0.3, -0.25) is 14.9 Å². The minimum absolute atomic E-state index is 0.0460. The third-order valence-corrected chi connectivity index (χ3v) is 6.97. The largest absolute Gasteiger partial charge is 0.481 e. The molecule has 0 aliphatic heterocycles. The molecule has 0 aromatic heterocycles. The lowest BCUT2D eigenvalue weighted by atomic mass is 9.98. The van der Waals surface area contributed by atoms with Crippen LogP contribution in [0.15, 0.2) is 66.7 Å². The summed E-state index contributed by atoms with van der Waals surface area (Å²) in [5.74, 6) is -1.32. The number of ether oxygens (including phenoxy) is 1. The minimum atomic E-state index is -0.890. The molecule has 0 bridgehead atoms. The molecule has 1 fully saturated rings. The number of amides is 2. The number of nitrogens with one attached hydrogen (secondary N) is 2. The van der Waals surface area contributed by atoms with Gasteiger partial charge in [-0.15, -0.1) is 0 Å². The van der Waals surface area contributed by atoms with Gasteiger partial charge in [-0.05, 0) is 59.7 Å². The maximum absolute atomic E-state index is 12.7. The van der Waals surface area contributed by atoms with Crippen molar-refractivity contribution in [3.63, 3.8) is 0 Å². The Morgan fingerprint density at radius 2 is 1.60 bits per heavy atom. The summed E-state index contributed by atoms with van der Waals surface area (Å²) in [4.78, 5) is 36.6. The van der Waals surface area contributed by atoms with Crippen molar-refractivity contribution in [2.24, 2.45) is 5.41 Å². The first-order chi connectivity index (χ1) is 16.9. The summed E-state index contributed by atoms with van der Waals surface area (Å²) >= 11 is 0. The molecule has 2 aliphatic carbocycles. The van der Waals surface area contributed by atoms with Crippen LogP contribution in [-0.4, -0.2) is 36.2 Å². The maximum atomic E-state index is 12.7. The molecule has 2 aliphatic rings. The quantitative estimate of drug-likeness (QED) is 0.453. The van der Waals surface area contributed by atoms with Crippen molar-refractivity contribution >= 4 is 23.7 Å². The maximum Gasteiger partial charge on any atom is 0.411 e. The van der Waals surface area contributed by atoms with Gasteiger partial charge < -0.3 is 15.2 Å². The van der Waals surface area contributed by atoms with E-state index in [1.807, 2.05) is 31.2 Å². The Bertz CT molecular complexity index is 1280. The Hall–Kier alpha value is -4.13. The third-order valence-electron chi connectivity index (χ3n) is 6.97. The van der Waals surface area contributed by atoms with E-state index in [-0.39, 0.29) is 25.0 Å². The molecule has 7 heteroatoms. The molecule has 3 N–H and O–H groups in total. The number of aryl methyl sites for hydroxylation is 1. The molecular weight excluding hydrogens is 444 g/mol. The first-order valence-corrected chi connectivity index (χ1v) is 11.6. The van der Waals surface area contributed by atoms with Gasteiger partial charge in [0, 0.05) is 23.7 Å². The number of benzene rings is 3. The first kappa shape index (κ1) is 22.7. The van der Waals surface area contributed by atoms with Crippen LogP contribution in [0.4, 0.5) is 10.5 Å². The standard InChI is InChI=1S/C28H26N2O5/c1-17-10-11-18(25(31)29-16-28(12-13-28)26(32)33)14-24(17)30-27(34)35-15-23-21-8-4-2-6-19(21)20-7-3-5-9-22(20)23/h2-11,14,23H,12-13,15-16H2,1H3,(H,29,31)(H,30,34)(H,32,33). The van der Waals surface area contributed by atoms with Crippen molar-refractivity contribution in [2.75, 3.05) is 18.5 Å². The fourth-order valence-electron chi connectivity index (χ4n) is 4.61. The Morgan fingerprint density at radius 3 is 2.20 bits per heavy atom. The Labute approximate surface area is 203 Å². The summed E-state index contributed by atoms with van der Waals surface area (Å²) in [5.41, 5.74) is 5.31. The molecule has 7 nitrogen and oxygen atoms in total. The number of hydrogen-bond donors (Lipinski definition) is 3. The van der Waals surface area contributed by atoms with Crippen LogP contribution in [0.2, 0.25) is 0 Å². The van der Waals surface area contributed by atoms with E-state index in [0.717, 1.165) is 27.8 Å². The lowest BCUT2D eigenvalue weighted by Gasteiger charge is -2.16. The fourth-order valence-corrected chi connectivity index (χ4v) is 4.61. The van der Waals surface area contributed by atoms with Gasteiger partial charge in [-0.25, -0.2) is 4.79 Å². The van der Waals surface area contributed by atoms with Gasteiger partial charge in [0.05, 0.1) is 5.41 Å². The van der Waals surface area contributed by atoms with Crippen LogP contribution in [-0.2, 0) is 9.53 Å². The van der Waals surface area contributed by atoms with Crippen LogP contribution in [0.25, 0.3) is 11.1 Å². The van der Waals surface area contributed by atoms with E-state index in [2.05, 4.69) is 34.9 Å². The molecule has 0 unspecified atom stereocenters. The molecule has 0 radical (unpaired) electrons. The average Bonchev–Trinajstić information content (AvgIpc) is 3.60. The summed E-state index contributed by atoms with van der Waals surface area (Å²) in [6, 6.07) is 21.2. The summed E-state index contributed by atoms with van der Waals surface area (Å²) in [5, 5.41) is 14.7. The molecule has 178 valence electrons. The van der Waals surface area contributed by atoms with Gasteiger partial charge in [-0.2, -0.15) is 0 Å². The summed E-state index contributed by atoms with van der Waals surface area (Å²) < 4.78 is 5.61. The Kier molecular flexibility index (Phi) is 5.76. The lowest BCUT2D eigenvalue weighted by Crippen LogP contribution is -2.34. The minimum Gasteiger partial charge on any atom is -0.481 e. The number of aliphatic carboxylic acids is 1. The zero-order chi connectivity index (χ0) is 24.6. The molecule has 3 aromatic carbocycles. The summed E-state index contributed by atoms with van der Waals surface area (Å²) in [6.45, 7) is 2.10. The first-order valence-electron chi connectivity index (χ1n) is 11.6. The van der Waals surface area contributed by atoms with E-state index in [9.17, 15) is 19.5 Å². The van der Waals surface area contributed by atoms with E-state index >= 15 is 0 Å². The number of carboxylic acid groups (broad SMARTS) is 1. The number of carboxylic acids is 1. The highest BCUT2D eigenvalue weighted by Crippen LogP contribution is 2.45. The fraction of sp³-hybridized carbons (Fsp3) is 0.250. The van der Waals surface area contributed by atoms with Gasteiger partial charge in [0.15, 0.2) is 0 Å². The normalized spacial score (nSPS) is 15.0. The molecule has 35 heavy (non-hydrogen) atoms. The molecule has 3 aromatic rings. The second kappa shape index (κ2) is 8.91. The molecule has 0 spiro atoms. The van der Waals surface area contributed by atoms with E-state index < -0.39 is 17.5 Å². The predicted octanol–water partition coefficient (Wildman–Crippen LogP) is 4.95. The van der Waals surface area contributed by atoms with Crippen LogP contribution in [0.5, 0.6) is 0 Å². The van der Waals surface area contributed by atoms with Crippen LogP contribution in [0, 0.1) is 12.3 Å². The molecule has 5 rings (SSSR count). The number of carbonyl (C=O) groups is 3. The number of hydrogen-bond acceptors (Lipinski definition) is 4. The van der Waals surface area contributed by atoms with Gasteiger partial charge in [0.1, 0.15) is 6.61 Å². The molecule has 1 saturated carbocycles. The second-order valence-electron chi connectivity index (χ2n) is 9.25. The summed E-state index contributed by atoms with van der Waals surface area (Å²) in [7, 11) is 0. The molecule has 0 atom stereocenters. The smallest absolute Gasteiger partial charge is 0.411 e. The van der Waals surface area contributed by atoms with E-state index in [1.165, 1.54) is 0 Å². The van der Waals surface area contributed by atoms with Crippen LogP contribution < -0.4 is 10.6 Å². The molecule has 0 heterocycles. The van der Waals surface area contributed by atoms with Crippen molar-refractivity contribution in [3.05, 3.63) is 89.0 Å². The third kappa shape index (κ3) is 4.37. The zero-order valence-corrected chi connectivity index (χ0v) is 19.3. The van der Waals surface area contributed by atoms with Crippen LogP contribution in [0.1, 0.15) is 45.8 Å². The van der Waals surface area contributed by atoms with Crippen molar-refractivity contribution in [3.8, 4) is 11.1 Å². The molecule has 0 saturated heterocycles. The highest BCUT2D eigenvalue weighted by Gasteiger charge is 2.50. The number of anilines is 1.